The average molecular weight is 220 g/mol. The highest BCUT2D eigenvalue weighted by molar-refractivity contribution is 7.99. The van der Waals surface area contributed by atoms with Crippen LogP contribution in [0.25, 0.3) is 0 Å². The molecule has 0 atom stereocenters. The molecule has 0 aromatic carbocycles. The van der Waals surface area contributed by atoms with Crippen LogP contribution in [0.2, 0.25) is 0 Å². The molecule has 0 unspecified atom stereocenters. The molecule has 14 heavy (non-hydrogen) atoms. The lowest BCUT2D eigenvalue weighted by Crippen LogP contribution is -2.13. The number of carbonyl (C=O) groups excluding carboxylic acids is 2. The standard InChI is InChI=1S/C9H16O4S/c1-2-13-9(12)6-8(11)7-14-5-3-4-10/h10H,2-7H2,1H3. The second-order valence-electron chi connectivity index (χ2n) is 2.65. The molecule has 0 saturated carbocycles. The maximum absolute atomic E-state index is 11.1. The van der Waals surface area contributed by atoms with Gasteiger partial charge in [0.15, 0.2) is 5.78 Å². The van der Waals surface area contributed by atoms with Gasteiger partial charge in [0, 0.05) is 6.61 Å². The minimum atomic E-state index is -0.458. The predicted octanol–water partition coefficient (Wildman–Crippen LogP) is 0.624. The summed E-state index contributed by atoms with van der Waals surface area (Å²) < 4.78 is 4.63. The number of carbonyl (C=O) groups is 2. The van der Waals surface area contributed by atoms with Crippen LogP contribution in [0, 0.1) is 0 Å². The SMILES string of the molecule is CCOC(=O)CC(=O)CSCCCO. The van der Waals surface area contributed by atoms with Gasteiger partial charge >= 0.3 is 5.97 Å². The highest BCUT2D eigenvalue weighted by Crippen LogP contribution is 2.04. The van der Waals surface area contributed by atoms with Gasteiger partial charge in [-0.1, -0.05) is 0 Å². The first-order valence-corrected chi connectivity index (χ1v) is 5.72. The Hall–Kier alpha value is -0.550. The summed E-state index contributed by atoms with van der Waals surface area (Å²) in [5.41, 5.74) is 0. The number of hydrogen-bond donors (Lipinski definition) is 1. The molecule has 0 fully saturated rings. The first-order chi connectivity index (χ1) is 6.70. The number of aliphatic hydroxyl groups is 1. The summed E-state index contributed by atoms with van der Waals surface area (Å²) in [5, 5.41) is 8.47. The topological polar surface area (TPSA) is 63.6 Å². The van der Waals surface area contributed by atoms with Gasteiger partial charge in [-0.25, -0.2) is 0 Å². The molecular formula is C9H16O4S. The second kappa shape index (κ2) is 9.02. The molecule has 0 amide bonds. The third-order valence-electron chi connectivity index (χ3n) is 1.36. The minimum Gasteiger partial charge on any atom is -0.466 e. The van der Waals surface area contributed by atoms with Crippen molar-refractivity contribution in [1.29, 1.82) is 0 Å². The van der Waals surface area contributed by atoms with Crippen LogP contribution in [0.3, 0.4) is 0 Å². The molecule has 0 bridgehead atoms. The lowest BCUT2D eigenvalue weighted by molar-refractivity contribution is -0.145. The van der Waals surface area contributed by atoms with E-state index in [4.69, 9.17) is 5.11 Å². The summed E-state index contributed by atoms with van der Waals surface area (Å²) in [6, 6.07) is 0. The first kappa shape index (κ1) is 13.4. The molecule has 0 spiro atoms. The fourth-order valence-corrected chi connectivity index (χ4v) is 1.58. The molecular weight excluding hydrogens is 204 g/mol. The van der Waals surface area contributed by atoms with Gasteiger partial charge in [0.25, 0.3) is 0 Å². The zero-order chi connectivity index (χ0) is 10.8. The summed E-state index contributed by atoms with van der Waals surface area (Å²) in [5.74, 6) is 0.482. The number of aliphatic hydroxyl groups excluding tert-OH is 1. The maximum Gasteiger partial charge on any atom is 0.313 e. The van der Waals surface area contributed by atoms with E-state index in [0.29, 0.717) is 18.8 Å². The second-order valence-corrected chi connectivity index (χ2v) is 3.76. The molecule has 0 aromatic rings. The Morgan fingerprint density at radius 1 is 1.43 bits per heavy atom. The number of esters is 1. The van der Waals surface area contributed by atoms with Crippen LogP contribution >= 0.6 is 11.8 Å². The Balaban J connectivity index is 3.40. The van der Waals surface area contributed by atoms with Crippen molar-refractivity contribution in [1.82, 2.24) is 0 Å². The Labute approximate surface area is 88.0 Å². The number of thioether (sulfide) groups is 1. The maximum atomic E-state index is 11.1. The molecule has 0 saturated heterocycles. The van der Waals surface area contributed by atoms with E-state index in [-0.39, 0.29) is 18.8 Å². The lowest BCUT2D eigenvalue weighted by Gasteiger charge is -2.01. The van der Waals surface area contributed by atoms with Gasteiger partial charge in [-0.15, -0.1) is 0 Å². The molecule has 1 N–H and O–H groups in total. The van der Waals surface area contributed by atoms with Crippen LogP contribution in [0.5, 0.6) is 0 Å². The monoisotopic (exact) mass is 220 g/mol. The van der Waals surface area contributed by atoms with E-state index in [9.17, 15) is 9.59 Å². The molecule has 0 aliphatic carbocycles. The fourth-order valence-electron chi connectivity index (χ4n) is 0.777. The zero-order valence-corrected chi connectivity index (χ0v) is 9.14. The molecule has 0 aliphatic heterocycles. The van der Waals surface area contributed by atoms with Gasteiger partial charge < -0.3 is 9.84 Å². The Morgan fingerprint density at radius 2 is 2.14 bits per heavy atom. The summed E-state index contributed by atoms with van der Waals surface area (Å²) in [6.07, 6.45) is 0.539. The Morgan fingerprint density at radius 3 is 2.71 bits per heavy atom. The average Bonchev–Trinajstić information content (AvgIpc) is 2.13. The zero-order valence-electron chi connectivity index (χ0n) is 8.32. The summed E-state index contributed by atoms with van der Waals surface area (Å²) in [7, 11) is 0. The highest BCUT2D eigenvalue weighted by Gasteiger charge is 2.09. The fraction of sp³-hybridized carbons (Fsp3) is 0.778. The number of ketones is 1. The van der Waals surface area contributed by atoms with Crippen molar-refractivity contribution in [3.05, 3.63) is 0 Å². The van der Waals surface area contributed by atoms with Crippen LogP contribution in [0.15, 0.2) is 0 Å². The van der Waals surface area contributed by atoms with E-state index in [0.717, 1.165) is 5.75 Å². The first-order valence-electron chi connectivity index (χ1n) is 4.56. The smallest absolute Gasteiger partial charge is 0.313 e. The van der Waals surface area contributed by atoms with Crippen LogP contribution in [0.1, 0.15) is 19.8 Å². The van der Waals surface area contributed by atoms with Crippen LogP contribution in [-0.2, 0) is 14.3 Å². The molecule has 5 heteroatoms. The van der Waals surface area contributed by atoms with Crippen molar-refractivity contribution in [3.63, 3.8) is 0 Å². The van der Waals surface area contributed by atoms with Crippen molar-refractivity contribution in [2.24, 2.45) is 0 Å². The quantitative estimate of drug-likeness (QED) is 0.369. The summed E-state index contributed by atoms with van der Waals surface area (Å²) >= 11 is 1.43. The Bertz CT molecular complexity index is 182. The van der Waals surface area contributed by atoms with Gasteiger partial charge in [0.2, 0.25) is 0 Å². The lowest BCUT2D eigenvalue weighted by atomic mass is 10.3. The van der Waals surface area contributed by atoms with Gasteiger partial charge in [-0.05, 0) is 19.1 Å². The van der Waals surface area contributed by atoms with Crippen LogP contribution in [-0.4, -0.2) is 41.6 Å². The number of rotatable bonds is 8. The van der Waals surface area contributed by atoms with E-state index in [1.165, 1.54) is 11.8 Å². The van der Waals surface area contributed by atoms with Gasteiger partial charge in [-0.3, -0.25) is 9.59 Å². The highest BCUT2D eigenvalue weighted by atomic mass is 32.2. The molecule has 0 rings (SSSR count). The van der Waals surface area contributed by atoms with E-state index in [2.05, 4.69) is 4.74 Å². The van der Waals surface area contributed by atoms with Crippen LogP contribution in [0.4, 0.5) is 0 Å². The Kier molecular flexibility index (Phi) is 8.67. The van der Waals surface area contributed by atoms with Gasteiger partial charge in [-0.2, -0.15) is 11.8 Å². The van der Waals surface area contributed by atoms with E-state index >= 15 is 0 Å². The van der Waals surface area contributed by atoms with E-state index in [1.54, 1.807) is 6.92 Å². The molecule has 4 nitrogen and oxygen atoms in total. The van der Waals surface area contributed by atoms with Crippen molar-refractivity contribution in [2.75, 3.05) is 24.7 Å². The predicted molar refractivity (Wildman–Crippen MR) is 55.3 cm³/mol. The third kappa shape index (κ3) is 8.07. The van der Waals surface area contributed by atoms with Crippen molar-refractivity contribution in [2.45, 2.75) is 19.8 Å². The van der Waals surface area contributed by atoms with Gasteiger partial charge in [0.1, 0.15) is 6.42 Å². The van der Waals surface area contributed by atoms with E-state index < -0.39 is 5.97 Å². The number of hydrogen-bond acceptors (Lipinski definition) is 5. The number of ether oxygens (including phenoxy) is 1. The van der Waals surface area contributed by atoms with Crippen molar-refractivity contribution < 1.29 is 19.4 Å². The molecule has 0 aliphatic rings. The van der Waals surface area contributed by atoms with E-state index in [1.807, 2.05) is 0 Å². The van der Waals surface area contributed by atoms with Crippen molar-refractivity contribution >= 4 is 23.5 Å². The largest absolute Gasteiger partial charge is 0.466 e. The molecule has 0 aromatic heterocycles. The normalized spacial score (nSPS) is 9.86. The van der Waals surface area contributed by atoms with Crippen LogP contribution < -0.4 is 0 Å². The number of Topliss-reactive ketones (excluding diaryl/α,β-unsaturated/α-hetero) is 1. The minimum absolute atomic E-state index is 0.119. The molecule has 0 heterocycles. The third-order valence-corrected chi connectivity index (χ3v) is 2.46. The molecule has 82 valence electrons. The van der Waals surface area contributed by atoms with Crippen molar-refractivity contribution in [3.8, 4) is 0 Å². The van der Waals surface area contributed by atoms with Gasteiger partial charge in [0.05, 0.1) is 12.4 Å². The summed E-state index contributed by atoms with van der Waals surface area (Å²) in [6.45, 7) is 2.15. The summed E-state index contributed by atoms with van der Waals surface area (Å²) in [4.78, 5) is 22.0. The molecule has 0 radical (unpaired) electrons.